The summed E-state index contributed by atoms with van der Waals surface area (Å²) in [5.41, 5.74) is 2.24. The summed E-state index contributed by atoms with van der Waals surface area (Å²) in [5, 5.41) is 13.5. The molecule has 0 spiro atoms. The number of hydrogen-bond donors (Lipinski definition) is 1. The van der Waals surface area contributed by atoms with Crippen LogP contribution in [0.1, 0.15) is 25.8 Å². The van der Waals surface area contributed by atoms with Crippen LogP contribution in [0.25, 0.3) is 0 Å². The SMILES string of the molecule is CCOC(=O)C1=C(C)N(c2ccc(C)cc2)C(=O)CC1C(=O)Nc1ccc([N+](=O)[O-])cc1. The van der Waals surface area contributed by atoms with Crippen LogP contribution >= 0.6 is 0 Å². The van der Waals surface area contributed by atoms with E-state index >= 15 is 0 Å². The number of nitro benzene ring substituents is 1. The number of nitrogens with one attached hydrogen (secondary N) is 1. The monoisotopic (exact) mass is 437 g/mol. The molecule has 2 aromatic carbocycles. The third kappa shape index (κ3) is 4.66. The number of non-ortho nitro benzene ring substituents is 1. The third-order valence-corrected chi connectivity index (χ3v) is 5.15. The largest absolute Gasteiger partial charge is 0.463 e. The number of esters is 1. The lowest BCUT2D eigenvalue weighted by molar-refractivity contribution is -0.384. The molecule has 2 aromatic rings. The minimum absolute atomic E-state index is 0.103. The van der Waals surface area contributed by atoms with Gasteiger partial charge >= 0.3 is 5.97 Å². The fourth-order valence-electron chi connectivity index (χ4n) is 3.58. The Morgan fingerprint density at radius 3 is 2.31 bits per heavy atom. The van der Waals surface area contributed by atoms with Crippen molar-refractivity contribution in [3.05, 3.63) is 75.5 Å². The fraction of sp³-hybridized carbons (Fsp3) is 0.261. The number of nitro groups is 1. The van der Waals surface area contributed by atoms with Crippen molar-refractivity contribution in [3.63, 3.8) is 0 Å². The summed E-state index contributed by atoms with van der Waals surface area (Å²) >= 11 is 0. The molecule has 0 fully saturated rings. The van der Waals surface area contributed by atoms with E-state index in [1.165, 1.54) is 29.2 Å². The molecule has 1 unspecified atom stereocenters. The number of ether oxygens (including phenoxy) is 1. The molecule has 0 saturated heterocycles. The van der Waals surface area contributed by atoms with Gasteiger partial charge < -0.3 is 10.1 Å². The number of allylic oxidation sites excluding steroid dienone is 1. The first-order chi connectivity index (χ1) is 15.2. The van der Waals surface area contributed by atoms with Crippen molar-refractivity contribution >= 4 is 34.8 Å². The molecular formula is C23H23N3O6. The normalized spacial score (nSPS) is 16.0. The van der Waals surface area contributed by atoms with Gasteiger partial charge in [0.15, 0.2) is 0 Å². The molecule has 1 heterocycles. The van der Waals surface area contributed by atoms with Crippen LogP contribution in [0.4, 0.5) is 17.1 Å². The topological polar surface area (TPSA) is 119 Å². The second-order valence-corrected chi connectivity index (χ2v) is 7.33. The molecule has 0 aromatic heterocycles. The predicted octanol–water partition coefficient (Wildman–Crippen LogP) is 3.73. The van der Waals surface area contributed by atoms with Crippen LogP contribution in [0, 0.1) is 23.0 Å². The highest BCUT2D eigenvalue weighted by Gasteiger charge is 2.40. The Balaban J connectivity index is 1.95. The number of carbonyl (C=O) groups excluding carboxylic acids is 3. The van der Waals surface area contributed by atoms with E-state index in [4.69, 9.17) is 4.74 Å². The second kappa shape index (κ2) is 9.42. The van der Waals surface area contributed by atoms with E-state index in [2.05, 4.69) is 5.32 Å². The lowest BCUT2D eigenvalue weighted by Crippen LogP contribution is -2.43. The van der Waals surface area contributed by atoms with Crippen LogP contribution < -0.4 is 10.2 Å². The van der Waals surface area contributed by atoms with Crippen molar-refractivity contribution < 1.29 is 24.0 Å². The van der Waals surface area contributed by atoms with Gasteiger partial charge in [0, 0.05) is 35.6 Å². The number of amides is 2. The summed E-state index contributed by atoms with van der Waals surface area (Å²) in [4.78, 5) is 50.5. The Bertz CT molecular complexity index is 1090. The Morgan fingerprint density at radius 1 is 1.12 bits per heavy atom. The van der Waals surface area contributed by atoms with E-state index in [0.717, 1.165) is 5.56 Å². The van der Waals surface area contributed by atoms with Gasteiger partial charge in [0.05, 0.1) is 23.0 Å². The van der Waals surface area contributed by atoms with Crippen molar-refractivity contribution in [2.24, 2.45) is 5.92 Å². The highest BCUT2D eigenvalue weighted by molar-refractivity contribution is 6.10. The molecule has 1 aliphatic rings. The quantitative estimate of drug-likeness (QED) is 0.418. The van der Waals surface area contributed by atoms with Gasteiger partial charge in [0.1, 0.15) is 0 Å². The number of anilines is 2. The summed E-state index contributed by atoms with van der Waals surface area (Å²) in [6.07, 6.45) is -0.224. The average Bonchev–Trinajstić information content (AvgIpc) is 2.75. The van der Waals surface area contributed by atoms with Crippen LogP contribution in [-0.4, -0.2) is 29.3 Å². The molecule has 2 amide bonds. The van der Waals surface area contributed by atoms with E-state index in [1.54, 1.807) is 26.0 Å². The number of hydrogen-bond acceptors (Lipinski definition) is 6. The van der Waals surface area contributed by atoms with E-state index in [9.17, 15) is 24.5 Å². The lowest BCUT2D eigenvalue weighted by Gasteiger charge is -2.33. The van der Waals surface area contributed by atoms with Crippen molar-refractivity contribution in [2.75, 3.05) is 16.8 Å². The molecule has 9 heteroatoms. The van der Waals surface area contributed by atoms with Gasteiger partial charge in [-0.25, -0.2) is 4.79 Å². The molecule has 9 nitrogen and oxygen atoms in total. The predicted molar refractivity (Wildman–Crippen MR) is 118 cm³/mol. The Hall–Kier alpha value is -4.01. The van der Waals surface area contributed by atoms with E-state index in [-0.39, 0.29) is 30.2 Å². The average molecular weight is 437 g/mol. The fourth-order valence-corrected chi connectivity index (χ4v) is 3.58. The van der Waals surface area contributed by atoms with E-state index in [0.29, 0.717) is 17.1 Å². The maximum atomic E-state index is 13.0. The maximum Gasteiger partial charge on any atom is 0.336 e. The van der Waals surface area contributed by atoms with Gasteiger partial charge in [-0.1, -0.05) is 17.7 Å². The number of carbonyl (C=O) groups is 3. The standard InChI is InChI=1S/C23H23N3O6/c1-4-32-23(29)21-15(3)25(17-9-5-14(2)6-10-17)20(27)13-19(21)22(28)24-16-7-11-18(12-8-16)26(30)31/h5-12,19H,4,13H2,1-3H3,(H,24,28). The molecule has 0 saturated carbocycles. The molecule has 166 valence electrons. The maximum absolute atomic E-state index is 13.0. The molecule has 1 aliphatic heterocycles. The first-order valence-electron chi connectivity index (χ1n) is 10.1. The highest BCUT2D eigenvalue weighted by atomic mass is 16.6. The van der Waals surface area contributed by atoms with Crippen molar-refractivity contribution in [1.29, 1.82) is 0 Å². The third-order valence-electron chi connectivity index (χ3n) is 5.15. The Kier molecular flexibility index (Phi) is 6.67. The zero-order valence-corrected chi connectivity index (χ0v) is 18.0. The van der Waals surface area contributed by atoms with Gasteiger partial charge in [-0.05, 0) is 45.0 Å². The molecule has 1 N–H and O–H groups in total. The summed E-state index contributed by atoms with van der Waals surface area (Å²) in [6.45, 7) is 5.30. The minimum atomic E-state index is -1.06. The molecular weight excluding hydrogens is 414 g/mol. The van der Waals surface area contributed by atoms with Crippen LogP contribution in [-0.2, 0) is 19.1 Å². The minimum Gasteiger partial charge on any atom is -0.463 e. The number of rotatable bonds is 6. The van der Waals surface area contributed by atoms with Gasteiger partial charge in [-0.15, -0.1) is 0 Å². The van der Waals surface area contributed by atoms with Gasteiger partial charge in [-0.2, -0.15) is 0 Å². The van der Waals surface area contributed by atoms with Crippen LogP contribution in [0.5, 0.6) is 0 Å². The molecule has 0 bridgehead atoms. The van der Waals surface area contributed by atoms with Gasteiger partial charge in [0.2, 0.25) is 11.8 Å². The number of aryl methyl sites for hydroxylation is 1. The number of benzene rings is 2. The van der Waals surface area contributed by atoms with Gasteiger partial charge in [-0.3, -0.25) is 24.6 Å². The second-order valence-electron chi connectivity index (χ2n) is 7.33. The Labute approximate surface area is 184 Å². The van der Waals surface area contributed by atoms with Crippen LogP contribution in [0.3, 0.4) is 0 Å². The first-order valence-corrected chi connectivity index (χ1v) is 10.1. The summed E-state index contributed by atoms with van der Waals surface area (Å²) in [5.74, 6) is -2.63. The molecule has 1 atom stereocenters. The van der Waals surface area contributed by atoms with Crippen molar-refractivity contribution in [1.82, 2.24) is 0 Å². The molecule has 0 radical (unpaired) electrons. The van der Waals surface area contributed by atoms with Gasteiger partial charge in [0.25, 0.3) is 5.69 Å². The van der Waals surface area contributed by atoms with Crippen LogP contribution in [0.2, 0.25) is 0 Å². The molecule has 32 heavy (non-hydrogen) atoms. The highest BCUT2D eigenvalue weighted by Crippen LogP contribution is 2.34. The lowest BCUT2D eigenvalue weighted by atomic mass is 9.88. The molecule has 0 aliphatic carbocycles. The Morgan fingerprint density at radius 2 is 1.75 bits per heavy atom. The summed E-state index contributed by atoms with van der Waals surface area (Å²) < 4.78 is 5.17. The molecule has 3 rings (SSSR count). The van der Waals surface area contributed by atoms with Crippen molar-refractivity contribution in [3.8, 4) is 0 Å². The zero-order valence-electron chi connectivity index (χ0n) is 18.0. The van der Waals surface area contributed by atoms with Crippen molar-refractivity contribution in [2.45, 2.75) is 27.2 Å². The summed E-state index contributed by atoms with van der Waals surface area (Å²) in [7, 11) is 0. The van der Waals surface area contributed by atoms with E-state index < -0.39 is 22.7 Å². The summed E-state index contributed by atoms with van der Waals surface area (Å²) in [6, 6.07) is 12.6. The zero-order chi connectivity index (χ0) is 23.4. The first kappa shape index (κ1) is 22.7. The number of nitrogens with zero attached hydrogens (tertiary/aromatic N) is 2. The van der Waals surface area contributed by atoms with E-state index in [1.807, 2.05) is 19.1 Å². The smallest absolute Gasteiger partial charge is 0.336 e. The van der Waals surface area contributed by atoms with Crippen LogP contribution in [0.15, 0.2) is 59.8 Å².